The average Bonchev–Trinajstić information content (AvgIpc) is 2.16. The van der Waals surface area contributed by atoms with Crippen molar-refractivity contribution in [3.8, 4) is 0 Å². The van der Waals surface area contributed by atoms with E-state index in [1.807, 2.05) is 6.07 Å². The molecule has 0 aliphatic heterocycles. The van der Waals surface area contributed by atoms with Crippen molar-refractivity contribution in [2.45, 2.75) is 0 Å². The van der Waals surface area contributed by atoms with Crippen LogP contribution in [0.15, 0.2) is 30.3 Å². The van der Waals surface area contributed by atoms with Gasteiger partial charge >= 0.3 is 0 Å². The molecule has 0 atom stereocenters. The summed E-state index contributed by atoms with van der Waals surface area (Å²) in [5.74, 6) is 0. The van der Waals surface area contributed by atoms with Gasteiger partial charge in [0, 0.05) is 5.69 Å². The summed E-state index contributed by atoms with van der Waals surface area (Å²) in [6.45, 7) is 0.197. The van der Waals surface area contributed by atoms with Gasteiger partial charge in [0.25, 0.3) is 10.2 Å². The minimum atomic E-state index is -3.46. The molecule has 0 aliphatic carbocycles. The molecule has 1 rings (SSSR count). The zero-order chi connectivity index (χ0) is 10.4. The lowest BCUT2D eigenvalue weighted by Gasteiger charge is -2.08. The van der Waals surface area contributed by atoms with E-state index in [1.165, 1.54) is 0 Å². The molecule has 6 heteroatoms. The molecule has 0 amide bonds. The zero-order valence-corrected chi connectivity index (χ0v) is 8.64. The van der Waals surface area contributed by atoms with Crippen molar-refractivity contribution >= 4 is 15.9 Å². The standard InChI is InChI=1S/C8H13N3O2S/c1-9-7-10-14(12,13)11-8-5-3-2-4-6-8/h2-6,9-11H,7H2,1H3. The number of benzene rings is 1. The van der Waals surface area contributed by atoms with Gasteiger partial charge in [0.05, 0.1) is 6.67 Å². The summed E-state index contributed by atoms with van der Waals surface area (Å²) in [5.41, 5.74) is 0.538. The fourth-order valence-electron chi connectivity index (χ4n) is 0.865. The molecule has 0 aliphatic rings. The highest BCUT2D eigenvalue weighted by atomic mass is 32.2. The van der Waals surface area contributed by atoms with Gasteiger partial charge in [-0.2, -0.15) is 13.1 Å². The van der Waals surface area contributed by atoms with Crippen molar-refractivity contribution in [1.29, 1.82) is 0 Å². The van der Waals surface area contributed by atoms with Crippen LogP contribution in [0.1, 0.15) is 0 Å². The van der Waals surface area contributed by atoms with Crippen LogP contribution in [0.5, 0.6) is 0 Å². The quantitative estimate of drug-likeness (QED) is 0.611. The molecule has 3 N–H and O–H groups in total. The van der Waals surface area contributed by atoms with Crippen LogP contribution < -0.4 is 14.8 Å². The van der Waals surface area contributed by atoms with Crippen LogP contribution in [0.4, 0.5) is 5.69 Å². The largest absolute Gasteiger partial charge is 0.307 e. The Morgan fingerprint density at radius 3 is 2.43 bits per heavy atom. The summed E-state index contributed by atoms with van der Waals surface area (Å²) >= 11 is 0. The molecule has 78 valence electrons. The summed E-state index contributed by atoms with van der Waals surface area (Å²) in [6, 6.07) is 8.70. The van der Waals surface area contributed by atoms with Gasteiger partial charge in [-0.25, -0.2) is 0 Å². The molecule has 0 heterocycles. The lowest BCUT2D eigenvalue weighted by molar-refractivity contribution is 0.582. The first kappa shape index (κ1) is 11.0. The second-order valence-electron chi connectivity index (χ2n) is 2.65. The van der Waals surface area contributed by atoms with E-state index >= 15 is 0 Å². The zero-order valence-electron chi connectivity index (χ0n) is 7.82. The first-order valence-corrected chi connectivity index (χ1v) is 5.59. The van der Waals surface area contributed by atoms with Crippen molar-refractivity contribution in [2.24, 2.45) is 0 Å². The number of para-hydroxylation sites is 1. The highest BCUT2D eigenvalue weighted by Gasteiger charge is 2.06. The van der Waals surface area contributed by atoms with Crippen molar-refractivity contribution in [1.82, 2.24) is 10.0 Å². The Balaban J connectivity index is 2.60. The van der Waals surface area contributed by atoms with Crippen LogP contribution in [0.3, 0.4) is 0 Å². The molecule has 1 aromatic carbocycles. The van der Waals surface area contributed by atoms with E-state index in [9.17, 15) is 8.42 Å². The highest BCUT2D eigenvalue weighted by molar-refractivity contribution is 7.90. The van der Waals surface area contributed by atoms with Crippen molar-refractivity contribution in [3.05, 3.63) is 30.3 Å². The van der Waals surface area contributed by atoms with Gasteiger partial charge in [-0.15, -0.1) is 0 Å². The molecule has 5 nitrogen and oxygen atoms in total. The molecule has 0 aromatic heterocycles. The van der Waals surface area contributed by atoms with Crippen LogP contribution in [0, 0.1) is 0 Å². The summed E-state index contributed by atoms with van der Waals surface area (Å²) in [4.78, 5) is 0. The number of anilines is 1. The third kappa shape index (κ3) is 3.73. The summed E-state index contributed by atoms with van der Waals surface area (Å²) in [5, 5.41) is 2.68. The third-order valence-electron chi connectivity index (χ3n) is 1.46. The summed E-state index contributed by atoms with van der Waals surface area (Å²) < 4.78 is 27.3. The topological polar surface area (TPSA) is 70.2 Å². The molecule has 0 bridgehead atoms. The van der Waals surface area contributed by atoms with E-state index in [-0.39, 0.29) is 6.67 Å². The normalized spacial score (nSPS) is 11.2. The minimum absolute atomic E-state index is 0.197. The Hall–Kier alpha value is -1.11. The fraction of sp³-hybridized carbons (Fsp3) is 0.250. The van der Waals surface area contributed by atoms with E-state index in [2.05, 4.69) is 14.8 Å². The van der Waals surface area contributed by atoms with Gasteiger partial charge < -0.3 is 5.32 Å². The van der Waals surface area contributed by atoms with Gasteiger partial charge in [-0.3, -0.25) is 4.72 Å². The van der Waals surface area contributed by atoms with Crippen LogP contribution >= 0.6 is 0 Å². The molecule has 0 saturated heterocycles. The highest BCUT2D eigenvalue weighted by Crippen LogP contribution is 2.05. The third-order valence-corrected chi connectivity index (χ3v) is 2.49. The number of hydrogen-bond acceptors (Lipinski definition) is 3. The van der Waals surface area contributed by atoms with E-state index < -0.39 is 10.2 Å². The first-order chi connectivity index (χ1) is 6.64. The Morgan fingerprint density at radius 1 is 1.21 bits per heavy atom. The molecule has 1 aromatic rings. The van der Waals surface area contributed by atoms with E-state index in [4.69, 9.17) is 0 Å². The molecule has 14 heavy (non-hydrogen) atoms. The predicted octanol–water partition coefficient (Wildman–Crippen LogP) is 0.110. The average molecular weight is 215 g/mol. The maximum Gasteiger partial charge on any atom is 0.300 e. The monoisotopic (exact) mass is 215 g/mol. The second-order valence-corrected chi connectivity index (χ2v) is 4.15. The predicted molar refractivity (Wildman–Crippen MR) is 56.0 cm³/mol. The molecular weight excluding hydrogens is 202 g/mol. The van der Waals surface area contributed by atoms with Crippen molar-refractivity contribution in [3.63, 3.8) is 0 Å². The number of rotatable bonds is 5. The maximum absolute atomic E-state index is 11.3. The van der Waals surface area contributed by atoms with Crippen LogP contribution in [0.25, 0.3) is 0 Å². The smallest absolute Gasteiger partial charge is 0.300 e. The Kier molecular flexibility index (Phi) is 3.87. The van der Waals surface area contributed by atoms with Gasteiger partial charge in [0.1, 0.15) is 0 Å². The molecule has 0 radical (unpaired) electrons. The molecule has 0 saturated carbocycles. The van der Waals surface area contributed by atoms with Gasteiger partial charge in [-0.05, 0) is 19.2 Å². The van der Waals surface area contributed by atoms with Gasteiger partial charge in [-0.1, -0.05) is 18.2 Å². The molecule has 0 spiro atoms. The fourth-order valence-corrected chi connectivity index (χ4v) is 1.72. The Labute approximate surface area is 83.7 Å². The maximum atomic E-state index is 11.3. The van der Waals surface area contributed by atoms with Crippen molar-refractivity contribution < 1.29 is 8.42 Å². The van der Waals surface area contributed by atoms with E-state index in [1.54, 1.807) is 31.3 Å². The minimum Gasteiger partial charge on any atom is -0.307 e. The first-order valence-electron chi connectivity index (χ1n) is 4.11. The summed E-state index contributed by atoms with van der Waals surface area (Å²) in [6.07, 6.45) is 0. The SMILES string of the molecule is CNCNS(=O)(=O)Nc1ccccc1. The van der Waals surface area contributed by atoms with Crippen LogP contribution in [0.2, 0.25) is 0 Å². The number of nitrogens with one attached hydrogen (secondary N) is 3. The van der Waals surface area contributed by atoms with Gasteiger partial charge in [0.2, 0.25) is 0 Å². The lowest BCUT2D eigenvalue weighted by atomic mass is 10.3. The van der Waals surface area contributed by atoms with Gasteiger partial charge in [0.15, 0.2) is 0 Å². The molecular formula is C8H13N3O2S. The Bertz CT molecular complexity index is 363. The second kappa shape index (κ2) is 4.94. The number of hydrogen-bond donors (Lipinski definition) is 3. The Morgan fingerprint density at radius 2 is 1.86 bits per heavy atom. The lowest BCUT2D eigenvalue weighted by Crippen LogP contribution is -2.35. The van der Waals surface area contributed by atoms with E-state index in [0.29, 0.717) is 5.69 Å². The van der Waals surface area contributed by atoms with Crippen molar-refractivity contribution in [2.75, 3.05) is 18.4 Å². The molecule has 0 fully saturated rings. The van der Waals surface area contributed by atoms with Crippen LogP contribution in [-0.2, 0) is 10.2 Å². The summed E-state index contributed by atoms with van der Waals surface area (Å²) in [7, 11) is -1.80. The van der Waals surface area contributed by atoms with E-state index in [0.717, 1.165) is 0 Å². The molecule has 0 unspecified atom stereocenters. The van der Waals surface area contributed by atoms with Crippen LogP contribution in [-0.4, -0.2) is 22.1 Å².